The van der Waals surface area contributed by atoms with Crippen molar-refractivity contribution in [3.63, 3.8) is 0 Å². The smallest absolute Gasteiger partial charge is 0.321 e. The van der Waals surface area contributed by atoms with Gasteiger partial charge in [-0.3, -0.25) is 14.9 Å². The van der Waals surface area contributed by atoms with Crippen LogP contribution in [0.3, 0.4) is 0 Å². The Hall–Kier alpha value is -1.63. The third-order valence-electron chi connectivity index (χ3n) is 3.07. The minimum atomic E-state index is -1.19. The number of carbonyl (C=O) groups excluding carboxylic acids is 2. The lowest BCUT2D eigenvalue weighted by Crippen LogP contribution is -2.44. The van der Waals surface area contributed by atoms with Gasteiger partial charge >= 0.3 is 12.0 Å². The zero-order chi connectivity index (χ0) is 15.9. The zero-order valence-electron chi connectivity index (χ0n) is 12.8. The molecule has 0 heterocycles. The summed E-state index contributed by atoms with van der Waals surface area (Å²) >= 11 is 0. The van der Waals surface area contributed by atoms with Crippen molar-refractivity contribution in [3.8, 4) is 0 Å². The van der Waals surface area contributed by atoms with E-state index in [4.69, 9.17) is 5.11 Å². The number of nitrogens with one attached hydrogen (secondary N) is 2. The molecule has 7 nitrogen and oxygen atoms in total. The molecule has 0 fully saturated rings. The van der Waals surface area contributed by atoms with Crippen LogP contribution in [0.1, 0.15) is 34.1 Å². The summed E-state index contributed by atoms with van der Waals surface area (Å²) < 4.78 is 0. The lowest BCUT2D eigenvalue weighted by atomic mass is 9.89. The second-order valence-corrected chi connectivity index (χ2v) is 5.74. The van der Waals surface area contributed by atoms with Crippen molar-refractivity contribution in [1.82, 2.24) is 15.5 Å². The van der Waals surface area contributed by atoms with E-state index in [1.807, 2.05) is 20.9 Å². The molecular formula is C13H25N3O4. The van der Waals surface area contributed by atoms with Crippen LogP contribution in [0, 0.1) is 5.41 Å². The van der Waals surface area contributed by atoms with Gasteiger partial charge in [0.2, 0.25) is 5.91 Å². The molecule has 0 aromatic heterocycles. The Kier molecular flexibility index (Phi) is 7.20. The van der Waals surface area contributed by atoms with Gasteiger partial charge in [-0.15, -0.1) is 0 Å². The van der Waals surface area contributed by atoms with Crippen molar-refractivity contribution in [2.75, 3.05) is 20.1 Å². The summed E-state index contributed by atoms with van der Waals surface area (Å²) in [6, 6.07) is -0.230. The fraction of sp³-hybridized carbons (Fsp3) is 0.769. The first-order valence-corrected chi connectivity index (χ1v) is 6.57. The molecule has 0 saturated heterocycles. The lowest BCUT2D eigenvalue weighted by Gasteiger charge is -2.21. The highest BCUT2D eigenvalue weighted by Crippen LogP contribution is 2.19. The molecule has 0 aliphatic carbocycles. The van der Waals surface area contributed by atoms with Crippen molar-refractivity contribution in [3.05, 3.63) is 0 Å². The number of hydrogen-bond acceptors (Lipinski definition) is 4. The quantitative estimate of drug-likeness (QED) is 0.638. The maximum Gasteiger partial charge on any atom is 0.321 e. The topological polar surface area (TPSA) is 98.7 Å². The van der Waals surface area contributed by atoms with Crippen LogP contribution in [0.4, 0.5) is 4.79 Å². The summed E-state index contributed by atoms with van der Waals surface area (Å²) in [5.41, 5.74) is -1.19. The molecule has 0 bridgehead atoms. The summed E-state index contributed by atoms with van der Waals surface area (Å²) in [6.45, 7) is 8.03. The molecular weight excluding hydrogens is 262 g/mol. The highest BCUT2D eigenvalue weighted by atomic mass is 16.4. The van der Waals surface area contributed by atoms with Crippen LogP contribution in [0.25, 0.3) is 0 Å². The number of carboxylic acids is 1. The van der Waals surface area contributed by atoms with Crippen molar-refractivity contribution < 1.29 is 19.5 Å². The van der Waals surface area contributed by atoms with E-state index in [1.54, 1.807) is 0 Å². The molecule has 3 amide bonds. The summed E-state index contributed by atoms with van der Waals surface area (Å²) in [7, 11) is 1.94. The molecule has 0 spiro atoms. The van der Waals surface area contributed by atoms with Crippen LogP contribution in [-0.4, -0.2) is 54.1 Å². The van der Waals surface area contributed by atoms with Gasteiger partial charge in [-0.05, 0) is 34.7 Å². The molecule has 0 aliphatic heterocycles. The maximum absolute atomic E-state index is 11.5. The van der Waals surface area contributed by atoms with Crippen LogP contribution in [0.2, 0.25) is 0 Å². The first kappa shape index (κ1) is 18.4. The molecule has 3 N–H and O–H groups in total. The molecule has 0 unspecified atom stereocenters. The van der Waals surface area contributed by atoms with Gasteiger partial charge in [0.1, 0.15) is 0 Å². The first-order valence-electron chi connectivity index (χ1n) is 6.57. The summed E-state index contributed by atoms with van der Waals surface area (Å²) in [6.07, 6.45) is -0.248. The number of rotatable bonds is 7. The Labute approximate surface area is 119 Å². The van der Waals surface area contributed by atoms with Gasteiger partial charge in [0.05, 0.1) is 5.41 Å². The molecule has 7 heteroatoms. The van der Waals surface area contributed by atoms with E-state index in [0.29, 0.717) is 19.1 Å². The fourth-order valence-corrected chi connectivity index (χ4v) is 1.30. The van der Waals surface area contributed by atoms with E-state index in [2.05, 4.69) is 15.5 Å². The molecule has 0 radical (unpaired) electrons. The van der Waals surface area contributed by atoms with E-state index in [-0.39, 0.29) is 6.42 Å². The Morgan fingerprint density at radius 2 is 1.80 bits per heavy atom. The number of imide groups is 1. The van der Waals surface area contributed by atoms with E-state index in [9.17, 15) is 14.4 Å². The predicted octanol–water partition coefficient (Wildman–Crippen LogP) is 0.653. The van der Waals surface area contributed by atoms with Crippen LogP contribution < -0.4 is 10.6 Å². The summed E-state index contributed by atoms with van der Waals surface area (Å²) in [4.78, 5) is 35.9. The lowest BCUT2D eigenvalue weighted by molar-refractivity contribution is -0.149. The molecule has 20 heavy (non-hydrogen) atoms. The number of urea groups is 1. The van der Waals surface area contributed by atoms with Gasteiger partial charge in [-0.2, -0.15) is 0 Å². The van der Waals surface area contributed by atoms with E-state index < -0.39 is 23.3 Å². The minimum absolute atomic E-state index is 0.248. The number of nitrogens with zero attached hydrogens (tertiary/aromatic N) is 1. The SMILES string of the molecule is CC(C)N(C)CCNC(=O)NC(=O)CC(C)(C)C(=O)O. The maximum atomic E-state index is 11.5. The molecule has 0 aromatic carbocycles. The average Bonchev–Trinajstić information content (AvgIpc) is 2.27. The predicted molar refractivity (Wildman–Crippen MR) is 75.3 cm³/mol. The van der Waals surface area contributed by atoms with Gasteiger partial charge in [0, 0.05) is 25.6 Å². The number of aliphatic carboxylic acids is 1. The van der Waals surface area contributed by atoms with Gasteiger partial charge < -0.3 is 15.3 Å². The summed E-state index contributed by atoms with van der Waals surface area (Å²) in [5.74, 6) is -1.68. The second-order valence-electron chi connectivity index (χ2n) is 5.74. The van der Waals surface area contributed by atoms with E-state index in [1.165, 1.54) is 13.8 Å². The van der Waals surface area contributed by atoms with Crippen molar-refractivity contribution in [2.24, 2.45) is 5.41 Å². The third-order valence-corrected chi connectivity index (χ3v) is 3.07. The van der Waals surface area contributed by atoms with Gasteiger partial charge in [0.25, 0.3) is 0 Å². The molecule has 116 valence electrons. The molecule has 0 aromatic rings. The van der Waals surface area contributed by atoms with E-state index in [0.717, 1.165) is 0 Å². The van der Waals surface area contributed by atoms with Crippen LogP contribution >= 0.6 is 0 Å². The number of hydrogen-bond donors (Lipinski definition) is 3. The third kappa shape index (κ3) is 7.08. The molecule has 0 aliphatic rings. The summed E-state index contributed by atoms with van der Waals surface area (Å²) in [5, 5.41) is 13.6. The van der Waals surface area contributed by atoms with Gasteiger partial charge in [-0.25, -0.2) is 4.79 Å². The van der Waals surface area contributed by atoms with Gasteiger partial charge in [-0.1, -0.05) is 0 Å². The Morgan fingerprint density at radius 3 is 2.25 bits per heavy atom. The molecule has 0 rings (SSSR count). The van der Waals surface area contributed by atoms with Crippen molar-refractivity contribution >= 4 is 17.9 Å². The van der Waals surface area contributed by atoms with Gasteiger partial charge in [0.15, 0.2) is 0 Å². The minimum Gasteiger partial charge on any atom is -0.481 e. The number of amides is 3. The number of carbonyl (C=O) groups is 3. The average molecular weight is 287 g/mol. The standard InChI is InChI=1S/C13H25N3O4/c1-9(2)16(5)7-6-14-12(20)15-10(17)8-13(3,4)11(18)19/h9H,6-8H2,1-5H3,(H,18,19)(H2,14,15,17,20). The molecule has 0 atom stereocenters. The van der Waals surface area contributed by atoms with Crippen LogP contribution in [0.5, 0.6) is 0 Å². The largest absolute Gasteiger partial charge is 0.481 e. The highest BCUT2D eigenvalue weighted by molar-refractivity contribution is 5.96. The van der Waals surface area contributed by atoms with E-state index >= 15 is 0 Å². The first-order chi connectivity index (χ1) is 9.06. The van der Waals surface area contributed by atoms with Crippen molar-refractivity contribution in [1.29, 1.82) is 0 Å². The monoisotopic (exact) mass is 287 g/mol. The fourth-order valence-electron chi connectivity index (χ4n) is 1.30. The Balaban J connectivity index is 4.04. The second kappa shape index (κ2) is 7.84. The van der Waals surface area contributed by atoms with Crippen molar-refractivity contribution in [2.45, 2.75) is 40.2 Å². The Morgan fingerprint density at radius 1 is 1.25 bits per heavy atom. The number of likely N-dealkylation sites (N-methyl/N-ethyl adjacent to an activating group) is 1. The highest BCUT2D eigenvalue weighted by Gasteiger charge is 2.30. The van der Waals surface area contributed by atoms with Crippen LogP contribution in [0.15, 0.2) is 0 Å². The van der Waals surface area contributed by atoms with Crippen LogP contribution in [-0.2, 0) is 9.59 Å². The Bertz CT molecular complexity index is 367. The zero-order valence-corrected chi connectivity index (χ0v) is 12.8. The normalized spacial score (nSPS) is 11.6. The number of carboxylic acid groups (broad SMARTS) is 1. The molecule has 0 saturated carbocycles.